The summed E-state index contributed by atoms with van der Waals surface area (Å²) in [5.74, 6) is 0. The Morgan fingerprint density at radius 3 is 2.68 bits per heavy atom. The summed E-state index contributed by atoms with van der Waals surface area (Å²) in [7, 11) is 1.26. The summed E-state index contributed by atoms with van der Waals surface area (Å²) in [6.45, 7) is 1.65. The summed E-state index contributed by atoms with van der Waals surface area (Å²) in [4.78, 5) is 19.6. The number of methoxy groups -OCH3 is 1. The van der Waals surface area contributed by atoms with E-state index >= 15 is 0 Å². The Kier molecular flexibility index (Phi) is 6.90. The molecule has 0 spiro atoms. The minimum absolute atomic E-state index is 0.0942. The maximum absolute atomic E-state index is 14.1. The van der Waals surface area contributed by atoms with Gasteiger partial charge in [-0.1, -0.05) is 36.4 Å². The number of hydrogen-bond donors (Lipinski definition) is 5. The minimum atomic E-state index is -4.61. The number of carbonyl (C=O) groups is 1. The molecule has 0 radical (unpaired) electrons. The van der Waals surface area contributed by atoms with Crippen LogP contribution in [-0.2, 0) is 4.74 Å². The van der Waals surface area contributed by atoms with Gasteiger partial charge in [0.1, 0.15) is 0 Å². The van der Waals surface area contributed by atoms with Gasteiger partial charge >= 0.3 is 12.3 Å². The van der Waals surface area contributed by atoms with Crippen molar-refractivity contribution in [3.63, 3.8) is 0 Å². The number of aliphatic imine (C=N–C) groups is 1. The molecular formula is C26H27F3N6O2. The Morgan fingerprint density at radius 2 is 1.97 bits per heavy atom. The Balaban J connectivity index is 1.61. The first-order valence-electron chi connectivity index (χ1n) is 12.0. The van der Waals surface area contributed by atoms with Gasteiger partial charge in [0, 0.05) is 41.5 Å². The molecule has 3 heterocycles. The molecule has 2 aromatic carbocycles. The van der Waals surface area contributed by atoms with Crippen molar-refractivity contribution in [3.8, 4) is 11.1 Å². The van der Waals surface area contributed by atoms with Crippen LogP contribution in [0.1, 0.15) is 18.4 Å². The van der Waals surface area contributed by atoms with Crippen molar-refractivity contribution in [3.05, 3.63) is 66.0 Å². The highest BCUT2D eigenvalue weighted by atomic mass is 19.4. The number of hydrogen-bond acceptors (Lipinski definition) is 6. The van der Waals surface area contributed by atoms with Gasteiger partial charge in [0.2, 0.25) is 0 Å². The number of alkyl halides is 3. The van der Waals surface area contributed by atoms with E-state index in [2.05, 4.69) is 31.2 Å². The molecule has 1 saturated heterocycles. The summed E-state index contributed by atoms with van der Waals surface area (Å²) in [5, 5.41) is 12.6. The summed E-state index contributed by atoms with van der Waals surface area (Å²) >= 11 is 0. The van der Waals surface area contributed by atoms with Crippen molar-refractivity contribution in [2.75, 3.05) is 25.5 Å². The quantitative estimate of drug-likeness (QED) is 0.347. The third-order valence-electron chi connectivity index (χ3n) is 6.49. The summed E-state index contributed by atoms with van der Waals surface area (Å²) in [5.41, 5.74) is 1.73. The molecule has 3 aromatic rings. The standard InChI is InChI=1S/C26H27F3N6O2/c1-37-25(36)34-20-10-9-17-18(13-31-23(17)21(20)15-6-3-2-4-7-15)22-19(26(27,28)29)14-32-24(35-22)33-16-8-5-11-30-12-16/h2-4,6-7,9-10,13-14,16,24,30-33H,5,8,11-12H2,1H3,(H,34,36). The van der Waals surface area contributed by atoms with Crippen LogP contribution in [0, 0.1) is 0 Å². The van der Waals surface area contributed by atoms with Gasteiger partial charge in [0.15, 0.2) is 6.29 Å². The summed E-state index contributed by atoms with van der Waals surface area (Å²) < 4.78 is 47.0. The molecular weight excluding hydrogens is 485 g/mol. The fraction of sp³-hybridized carbons (Fsp3) is 0.308. The Morgan fingerprint density at radius 1 is 1.16 bits per heavy atom. The van der Waals surface area contributed by atoms with Crippen LogP contribution < -0.4 is 21.3 Å². The van der Waals surface area contributed by atoms with Crippen LogP contribution in [0.4, 0.5) is 23.7 Å². The van der Waals surface area contributed by atoms with E-state index < -0.39 is 24.1 Å². The number of rotatable bonds is 5. The van der Waals surface area contributed by atoms with Crippen molar-refractivity contribution in [1.29, 1.82) is 0 Å². The third kappa shape index (κ3) is 5.18. The van der Waals surface area contributed by atoms with E-state index in [1.54, 1.807) is 12.1 Å². The van der Waals surface area contributed by atoms with E-state index in [0.717, 1.165) is 37.7 Å². The first-order chi connectivity index (χ1) is 17.8. The number of fused-ring (bicyclic) bond motifs is 1. The van der Waals surface area contributed by atoms with Crippen molar-refractivity contribution < 1.29 is 22.7 Å². The smallest absolute Gasteiger partial charge is 0.419 e. The zero-order chi connectivity index (χ0) is 26.0. The monoisotopic (exact) mass is 512 g/mol. The molecule has 11 heteroatoms. The van der Waals surface area contributed by atoms with Crippen LogP contribution >= 0.6 is 0 Å². The number of anilines is 1. The zero-order valence-electron chi connectivity index (χ0n) is 20.1. The van der Waals surface area contributed by atoms with Gasteiger partial charge in [0.25, 0.3) is 0 Å². The molecule has 2 aliphatic rings. The molecule has 0 aliphatic carbocycles. The Labute approximate surface area is 211 Å². The van der Waals surface area contributed by atoms with E-state index in [-0.39, 0.29) is 11.8 Å². The van der Waals surface area contributed by atoms with E-state index in [1.165, 1.54) is 13.3 Å². The Hall–Kier alpha value is -3.83. The molecule has 8 nitrogen and oxygen atoms in total. The van der Waals surface area contributed by atoms with E-state index in [4.69, 9.17) is 4.74 Å². The number of H-pyrrole nitrogens is 1. The number of ether oxygens (including phenoxy) is 1. The van der Waals surface area contributed by atoms with Crippen LogP contribution in [0.15, 0.2) is 65.4 Å². The van der Waals surface area contributed by atoms with Crippen molar-refractivity contribution in [2.24, 2.45) is 4.99 Å². The molecule has 2 unspecified atom stereocenters. The average molecular weight is 513 g/mol. The maximum atomic E-state index is 14.1. The largest absolute Gasteiger partial charge is 0.453 e. The van der Waals surface area contributed by atoms with E-state index in [0.29, 0.717) is 27.7 Å². The number of halogens is 3. The average Bonchev–Trinajstić information content (AvgIpc) is 3.33. The molecule has 5 N–H and O–H groups in total. The van der Waals surface area contributed by atoms with Crippen molar-refractivity contribution >= 4 is 28.4 Å². The van der Waals surface area contributed by atoms with Crippen LogP contribution in [0.2, 0.25) is 0 Å². The van der Waals surface area contributed by atoms with Crippen LogP contribution in [-0.4, -0.2) is 55.5 Å². The van der Waals surface area contributed by atoms with Crippen molar-refractivity contribution in [2.45, 2.75) is 31.3 Å². The molecule has 1 amide bonds. The number of aromatic amines is 1. The topological polar surface area (TPSA) is 103 Å². The van der Waals surface area contributed by atoms with Gasteiger partial charge in [-0.25, -0.2) is 9.79 Å². The first kappa shape index (κ1) is 24.8. The molecule has 194 valence electrons. The Bertz CT molecular complexity index is 1340. The number of piperidine rings is 1. The molecule has 2 atom stereocenters. The highest BCUT2D eigenvalue weighted by Crippen LogP contribution is 2.39. The van der Waals surface area contributed by atoms with Gasteiger partial charge in [-0.15, -0.1) is 0 Å². The number of amides is 1. The molecule has 0 saturated carbocycles. The number of nitrogens with zero attached hydrogens (tertiary/aromatic N) is 1. The second-order valence-corrected chi connectivity index (χ2v) is 8.91. The zero-order valence-corrected chi connectivity index (χ0v) is 20.1. The lowest BCUT2D eigenvalue weighted by Gasteiger charge is -2.30. The lowest BCUT2D eigenvalue weighted by molar-refractivity contribution is -0.0867. The maximum Gasteiger partial charge on any atom is 0.419 e. The third-order valence-corrected chi connectivity index (χ3v) is 6.49. The van der Waals surface area contributed by atoms with Gasteiger partial charge in [-0.2, -0.15) is 13.2 Å². The van der Waals surface area contributed by atoms with Gasteiger partial charge in [0.05, 0.1) is 29.6 Å². The number of aromatic nitrogens is 1. The van der Waals surface area contributed by atoms with Gasteiger partial charge in [-0.3, -0.25) is 10.6 Å². The number of nitrogens with one attached hydrogen (secondary N) is 5. The SMILES string of the molecule is COC(=O)Nc1ccc2c(C3=NC(NC4CCCNC4)NC=C3C(F)(F)F)c[nH]c2c1-c1ccccc1. The molecule has 1 aromatic heterocycles. The molecule has 37 heavy (non-hydrogen) atoms. The van der Waals surface area contributed by atoms with E-state index in [9.17, 15) is 18.0 Å². The van der Waals surface area contributed by atoms with Crippen LogP contribution in [0.5, 0.6) is 0 Å². The molecule has 0 bridgehead atoms. The highest BCUT2D eigenvalue weighted by molar-refractivity contribution is 6.22. The lowest BCUT2D eigenvalue weighted by Crippen LogP contribution is -2.52. The van der Waals surface area contributed by atoms with Crippen LogP contribution in [0.25, 0.3) is 22.0 Å². The van der Waals surface area contributed by atoms with Crippen molar-refractivity contribution in [1.82, 2.24) is 20.9 Å². The summed E-state index contributed by atoms with van der Waals surface area (Å²) in [6.07, 6.45) is -1.56. The molecule has 2 aliphatic heterocycles. The fourth-order valence-corrected chi connectivity index (χ4v) is 4.76. The van der Waals surface area contributed by atoms with E-state index in [1.807, 2.05) is 30.3 Å². The number of benzene rings is 2. The number of carbonyl (C=O) groups excluding carboxylic acids is 1. The van der Waals surface area contributed by atoms with Gasteiger partial charge < -0.3 is 20.4 Å². The highest BCUT2D eigenvalue weighted by Gasteiger charge is 2.40. The fourth-order valence-electron chi connectivity index (χ4n) is 4.76. The number of allylic oxidation sites excluding steroid dienone is 1. The summed E-state index contributed by atoms with van der Waals surface area (Å²) in [6, 6.07) is 12.7. The second-order valence-electron chi connectivity index (χ2n) is 8.91. The minimum Gasteiger partial charge on any atom is -0.453 e. The van der Waals surface area contributed by atoms with Gasteiger partial charge in [-0.05, 0) is 31.0 Å². The lowest BCUT2D eigenvalue weighted by atomic mass is 9.96. The predicted octanol–water partition coefficient (Wildman–Crippen LogP) is 4.48. The normalized spacial score (nSPS) is 20.1. The molecule has 5 rings (SSSR count). The molecule has 1 fully saturated rings. The second kappa shape index (κ2) is 10.3. The predicted molar refractivity (Wildman–Crippen MR) is 136 cm³/mol. The van der Waals surface area contributed by atoms with Crippen LogP contribution in [0.3, 0.4) is 0 Å². The first-order valence-corrected chi connectivity index (χ1v) is 12.0.